The summed E-state index contributed by atoms with van der Waals surface area (Å²) < 4.78 is 0. The minimum atomic E-state index is -0.856. The number of nitro benzene ring substituents is 1. The summed E-state index contributed by atoms with van der Waals surface area (Å²) >= 11 is 11.5. The summed E-state index contributed by atoms with van der Waals surface area (Å²) in [5, 5.41) is 20.2. The van der Waals surface area contributed by atoms with Gasteiger partial charge in [0.2, 0.25) is 0 Å². The molecule has 152 valence electrons. The lowest BCUT2D eigenvalue weighted by Crippen LogP contribution is -2.39. The molecular weight excluding hydrogens is 424 g/mol. The summed E-state index contributed by atoms with van der Waals surface area (Å²) in [4.78, 5) is 23.7. The fourth-order valence-electron chi connectivity index (χ4n) is 2.74. The van der Waals surface area contributed by atoms with Crippen LogP contribution in [0.3, 0.4) is 0 Å². The summed E-state index contributed by atoms with van der Waals surface area (Å²) in [5.74, 6) is -0.388. The van der Waals surface area contributed by atoms with Crippen molar-refractivity contribution in [3.63, 3.8) is 0 Å². The minimum absolute atomic E-state index is 0.0625. The van der Waals surface area contributed by atoms with Crippen molar-refractivity contribution >= 4 is 51.9 Å². The maximum atomic E-state index is 13.0. The Labute approximate surface area is 183 Å². The number of carbonyl (C=O) groups excluding carboxylic acids is 1. The first-order valence-corrected chi connectivity index (χ1v) is 9.65. The fraction of sp³-hybridized carbons (Fsp3) is 0.0476. The molecule has 30 heavy (non-hydrogen) atoms. The Morgan fingerprint density at radius 1 is 0.900 bits per heavy atom. The average molecular weight is 441 g/mol. The first kappa shape index (κ1) is 21.2. The number of amides is 1. The Kier molecular flexibility index (Phi) is 6.95. The molecule has 3 aromatic rings. The van der Waals surface area contributed by atoms with Crippen LogP contribution in [0, 0.1) is 10.1 Å². The van der Waals surface area contributed by atoms with E-state index in [4.69, 9.17) is 23.8 Å². The summed E-state index contributed by atoms with van der Waals surface area (Å²) in [5.41, 5.74) is 1.22. The molecule has 0 radical (unpaired) electrons. The smallest absolute Gasteiger partial charge is 0.292 e. The quantitative estimate of drug-likeness (QED) is 0.286. The molecule has 0 heterocycles. The Hall–Kier alpha value is -3.49. The van der Waals surface area contributed by atoms with Crippen LogP contribution in [0.25, 0.3) is 0 Å². The number of nitrogens with one attached hydrogen (secondary N) is 3. The second kappa shape index (κ2) is 9.82. The van der Waals surface area contributed by atoms with Crippen LogP contribution >= 0.6 is 23.8 Å². The lowest BCUT2D eigenvalue weighted by molar-refractivity contribution is -0.383. The van der Waals surface area contributed by atoms with Crippen LogP contribution in [0.5, 0.6) is 0 Å². The number of benzene rings is 3. The first-order chi connectivity index (χ1) is 14.5. The molecule has 3 aromatic carbocycles. The topological polar surface area (TPSA) is 96.3 Å². The summed E-state index contributed by atoms with van der Waals surface area (Å²) in [6.45, 7) is 0. The maximum Gasteiger partial charge on any atom is 0.292 e. The third kappa shape index (κ3) is 5.31. The van der Waals surface area contributed by atoms with E-state index in [2.05, 4.69) is 16.0 Å². The van der Waals surface area contributed by atoms with Crippen LogP contribution < -0.4 is 16.0 Å². The highest BCUT2D eigenvalue weighted by Gasteiger charge is 2.23. The van der Waals surface area contributed by atoms with Gasteiger partial charge in [0.25, 0.3) is 11.6 Å². The van der Waals surface area contributed by atoms with E-state index >= 15 is 0 Å². The molecule has 9 heteroatoms. The van der Waals surface area contributed by atoms with Crippen molar-refractivity contribution in [1.29, 1.82) is 0 Å². The van der Waals surface area contributed by atoms with Crippen molar-refractivity contribution in [3.05, 3.63) is 99.6 Å². The van der Waals surface area contributed by atoms with E-state index in [1.807, 2.05) is 6.07 Å². The van der Waals surface area contributed by atoms with Gasteiger partial charge in [0, 0.05) is 6.07 Å². The van der Waals surface area contributed by atoms with Crippen molar-refractivity contribution in [2.75, 3.05) is 10.6 Å². The number of hydrogen-bond acceptors (Lipinski definition) is 4. The van der Waals surface area contributed by atoms with Crippen LogP contribution in [0.2, 0.25) is 5.02 Å². The number of nitro groups is 1. The molecule has 0 bridgehead atoms. The minimum Gasteiger partial charge on any atom is -0.347 e. The van der Waals surface area contributed by atoms with E-state index in [0.29, 0.717) is 16.3 Å². The maximum absolute atomic E-state index is 13.0. The van der Waals surface area contributed by atoms with E-state index in [-0.39, 0.29) is 22.4 Å². The van der Waals surface area contributed by atoms with E-state index < -0.39 is 11.0 Å². The molecule has 0 spiro atoms. The summed E-state index contributed by atoms with van der Waals surface area (Å²) in [6.07, 6.45) is 0. The zero-order valence-electron chi connectivity index (χ0n) is 15.5. The molecule has 0 aromatic heterocycles. The Morgan fingerprint density at radius 2 is 1.50 bits per heavy atom. The lowest BCUT2D eigenvalue weighted by Gasteiger charge is -2.21. The van der Waals surface area contributed by atoms with Gasteiger partial charge in [0.1, 0.15) is 11.7 Å². The highest BCUT2D eigenvalue weighted by atomic mass is 35.5. The first-order valence-electron chi connectivity index (χ1n) is 8.87. The normalized spacial score (nSPS) is 11.2. The number of thiocarbonyl (C=S) groups is 1. The Morgan fingerprint density at radius 3 is 2.17 bits per heavy atom. The zero-order chi connectivity index (χ0) is 21.5. The van der Waals surface area contributed by atoms with Gasteiger partial charge in [-0.2, -0.15) is 0 Å². The van der Waals surface area contributed by atoms with Crippen LogP contribution in [-0.2, 0) is 4.79 Å². The van der Waals surface area contributed by atoms with Gasteiger partial charge >= 0.3 is 0 Å². The van der Waals surface area contributed by atoms with Gasteiger partial charge in [0.15, 0.2) is 5.11 Å². The fourth-order valence-corrected chi connectivity index (χ4v) is 3.15. The van der Waals surface area contributed by atoms with Crippen LogP contribution in [0.4, 0.5) is 17.1 Å². The van der Waals surface area contributed by atoms with Crippen LogP contribution in [0.1, 0.15) is 11.6 Å². The molecule has 1 unspecified atom stereocenters. The molecule has 1 atom stereocenters. The van der Waals surface area contributed by atoms with Crippen molar-refractivity contribution in [1.82, 2.24) is 5.32 Å². The summed E-state index contributed by atoms with van der Waals surface area (Å²) in [6, 6.07) is 21.1. The van der Waals surface area contributed by atoms with Gasteiger partial charge in [-0.05, 0) is 36.0 Å². The van der Waals surface area contributed by atoms with Gasteiger partial charge in [-0.3, -0.25) is 14.9 Å². The number of halogens is 1. The second-order valence-corrected chi connectivity index (χ2v) is 7.00. The molecule has 7 nitrogen and oxygen atoms in total. The van der Waals surface area contributed by atoms with Gasteiger partial charge in [0.05, 0.1) is 15.6 Å². The molecule has 0 saturated heterocycles. The van der Waals surface area contributed by atoms with Crippen molar-refractivity contribution in [2.45, 2.75) is 6.04 Å². The highest BCUT2D eigenvalue weighted by molar-refractivity contribution is 7.80. The SMILES string of the molecule is O=C(Nc1ccccc1Cl)C(NC(=S)Nc1ccccc1[N+](=O)[O-])c1ccccc1. The predicted octanol–water partition coefficient (Wildman–Crippen LogP) is 4.91. The van der Waals surface area contributed by atoms with Crippen LogP contribution in [0.15, 0.2) is 78.9 Å². The Balaban J connectivity index is 1.81. The number of nitrogens with zero attached hydrogens (tertiary/aromatic N) is 1. The van der Waals surface area contributed by atoms with Crippen molar-refractivity contribution in [3.8, 4) is 0 Å². The van der Waals surface area contributed by atoms with Crippen LogP contribution in [-0.4, -0.2) is 15.9 Å². The number of para-hydroxylation sites is 3. The van der Waals surface area contributed by atoms with Crippen molar-refractivity contribution in [2.24, 2.45) is 0 Å². The predicted molar refractivity (Wildman–Crippen MR) is 122 cm³/mol. The van der Waals surface area contributed by atoms with E-state index in [1.165, 1.54) is 12.1 Å². The summed E-state index contributed by atoms with van der Waals surface area (Å²) in [7, 11) is 0. The number of carbonyl (C=O) groups is 1. The third-order valence-electron chi connectivity index (χ3n) is 4.15. The average Bonchev–Trinajstić information content (AvgIpc) is 2.74. The monoisotopic (exact) mass is 440 g/mol. The molecule has 0 aliphatic heterocycles. The highest BCUT2D eigenvalue weighted by Crippen LogP contribution is 2.25. The molecule has 1 amide bonds. The van der Waals surface area contributed by atoms with Gasteiger partial charge < -0.3 is 16.0 Å². The zero-order valence-corrected chi connectivity index (χ0v) is 17.1. The largest absolute Gasteiger partial charge is 0.347 e. The third-order valence-corrected chi connectivity index (χ3v) is 4.70. The number of anilines is 2. The van der Waals surface area contributed by atoms with Gasteiger partial charge in [-0.1, -0.05) is 66.2 Å². The number of hydrogen-bond donors (Lipinski definition) is 3. The van der Waals surface area contributed by atoms with Gasteiger partial charge in [-0.15, -0.1) is 0 Å². The molecule has 0 fully saturated rings. The van der Waals surface area contributed by atoms with E-state index in [0.717, 1.165) is 0 Å². The van der Waals surface area contributed by atoms with E-state index in [1.54, 1.807) is 60.7 Å². The number of rotatable bonds is 6. The lowest BCUT2D eigenvalue weighted by atomic mass is 10.1. The van der Waals surface area contributed by atoms with Gasteiger partial charge in [-0.25, -0.2) is 0 Å². The Bertz CT molecular complexity index is 1080. The molecule has 3 rings (SSSR count). The molecule has 3 N–H and O–H groups in total. The van der Waals surface area contributed by atoms with Crippen molar-refractivity contribution < 1.29 is 9.72 Å². The molecule has 0 saturated carbocycles. The molecule has 0 aliphatic carbocycles. The molecule has 0 aliphatic rings. The molecular formula is C21H17ClN4O3S. The standard InChI is InChI=1S/C21H17ClN4O3S/c22-15-10-4-5-11-16(15)23-20(27)19(14-8-2-1-3-9-14)25-21(30)24-17-12-6-7-13-18(17)26(28)29/h1-13,19H,(H,23,27)(H2,24,25,30). The van der Waals surface area contributed by atoms with E-state index in [9.17, 15) is 14.9 Å². The second-order valence-electron chi connectivity index (χ2n) is 6.19.